The highest BCUT2D eigenvalue weighted by Gasteiger charge is 2.27. The van der Waals surface area contributed by atoms with Gasteiger partial charge < -0.3 is 10.4 Å². The first-order valence-corrected chi connectivity index (χ1v) is 5.89. The van der Waals surface area contributed by atoms with Gasteiger partial charge in [0.1, 0.15) is 0 Å². The van der Waals surface area contributed by atoms with Gasteiger partial charge in [0, 0.05) is 18.6 Å². The lowest BCUT2D eigenvalue weighted by atomic mass is 10.1. The van der Waals surface area contributed by atoms with Crippen LogP contribution in [0.15, 0.2) is 0 Å². The highest BCUT2D eigenvalue weighted by molar-refractivity contribution is 6.31. The fourth-order valence-corrected chi connectivity index (χ4v) is 2.37. The second-order valence-electron chi connectivity index (χ2n) is 3.82. The van der Waals surface area contributed by atoms with Gasteiger partial charge in [0.05, 0.1) is 0 Å². The summed E-state index contributed by atoms with van der Waals surface area (Å²) in [4.78, 5) is 11.5. The maximum Gasteiger partial charge on any atom is 0.228 e. The fraction of sp³-hybridized carbons (Fsp3) is 0.667. The molecular weight excluding hydrogens is 251 g/mol. The molecule has 0 aliphatic heterocycles. The summed E-state index contributed by atoms with van der Waals surface area (Å²) in [5.74, 6) is 0.615. The molecule has 7 heteroatoms. The molecule has 1 fully saturated rings. The predicted octanol–water partition coefficient (Wildman–Crippen LogP) is 1.75. The van der Waals surface area contributed by atoms with E-state index in [-0.39, 0.29) is 29.1 Å². The third kappa shape index (κ3) is 2.72. The van der Waals surface area contributed by atoms with E-state index in [0.29, 0.717) is 5.95 Å². The predicted molar refractivity (Wildman–Crippen MR) is 61.7 cm³/mol. The number of rotatable bonds is 3. The second-order valence-corrected chi connectivity index (χ2v) is 4.50. The van der Waals surface area contributed by atoms with Crippen molar-refractivity contribution in [1.29, 1.82) is 0 Å². The summed E-state index contributed by atoms with van der Waals surface area (Å²) in [5, 5.41) is 12.5. The van der Waals surface area contributed by atoms with Gasteiger partial charge in [-0.1, -0.05) is 6.42 Å². The standard InChI is InChI=1S/C9H12Cl2N4O/c10-7-13-8(11)15-9(14-7)12-6-3-1-2-5(6)4-16/h5-6,16H,1-4H2,(H,12,13,14,15). The molecule has 2 atom stereocenters. The largest absolute Gasteiger partial charge is 0.396 e. The third-order valence-corrected chi connectivity index (χ3v) is 3.13. The minimum Gasteiger partial charge on any atom is -0.396 e. The fourth-order valence-electron chi connectivity index (χ4n) is 2.00. The summed E-state index contributed by atoms with van der Waals surface area (Å²) >= 11 is 11.3. The lowest BCUT2D eigenvalue weighted by Gasteiger charge is -2.18. The molecule has 0 spiro atoms. The van der Waals surface area contributed by atoms with Crippen LogP contribution in [0.1, 0.15) is 19.3 Å². The van der Waals surface area contributed by atoms with Crippen molar-refractivity contribution < 1.29 is 5.11 Å². The quantitative estimate of drug-likeness (QED) is 0.869. The van der Waals surface area contributed by atoms with Crippen LogP contribution in [0.5, 0.6) is 0 Å². The van der Waals surface area contributed by atoms with Crippen molar-refractivity contribution >= 4 is 29.2 Å². The van der Waals surface area contributed by atoms with Crippen LogP contribution in [0.4, 0.5) is 5.95 Å². The topological polar surface area (TPSA) is 70.9 Å². The van der Waals surface area contributed by atoms with Crippen molar-refractivity contribution in [2.75, 3.05) is 11.9 Å². The molecule has 2 unspecified atom stereocenters. The van der Waals surface area contributed by atoms with Gasteiger partial charge in [-0.15, -0.1) is 0 Å². The number of nitrogens with zero attached hydrogens (tertiary/aromatic N) is 3. The number of nitrogens with one attached hydrogen (secondary N) is 1. The Bertz CT molecular complexity index is 356. The Balaban J connectivity index is 2.08. The molecule has 1 aliphatic rings. The van der Waals surface area contributed by atoms with Crippen LogP contribution in [0.2, 0.25) is 10.6 Å². The second kappa shape index (κ2) is 5.12. The van der Waals surface area contributed by atoms with Crippen LogP contribution in [0, 0.1) is 5.92 Å². The van der Waals surface area contributed by atoms with Gasteiger partial charge in [-0.05, 0) is 36.0 Å². The molecule has 16 heavy (non-hydrogen) atoms. The molecule has 5 nitrogen and oxygen atoms in total. The molecule has 2 N–H and O–H groups in total. The van der Waals surface area contributed by atoms with Crippen LogP contribution in [-0.4, -0.2) is 32.7 Å². The van der Waals surface area contributed by atoms with Crippen LogP contribution in [0.25, 0.3) is 0 Å². The highest BCUT2D eigenvalue weighted by Crippen LogP contribution is 2.27. The summed E-state index contributed by atoms with van der Waals surface area (Å²) in [6.07, 6.45) is 3.10. The Kier molecular flexibility index (Phi) is 3.78. The number of halogens is 2. The van der Waals surface area contributed by atoms with E-state index < -0.39 is 0 Å². The minimum absolute atomic E-state index is 0.0704. The Labute approximate surface area is 103 Å². The molecule has 88 valence electrons. The summed E-state index contributed by atoms with van der Waals surface area (Å²) in [6.45, 7) is 0.171. The van der Waals surface area contributed by atoms with E-state index in [4.69, 9.17) is 23.2 Å². The van der Waals surface area contributed by atoms with E-state index in [2.05, 4.69) is 20.3 Å². The number of aliphatic hydroxyl groups is 1. The number of aromatic nitrogens is 3. The van der Waals surface area contributed by atoms with E-state index in [0.717, 1.165) is 19.3 Å². The van der Waals surface area contributed by atoms with Gasteiger partial charge in [-0.3, -0.25) is 0 Å². The average molecular weight is 263 g/mol. The number of hydrogen-bond donors (Lipinski definition) is 2. The molecular formula is C9H12Cl2N4O. The lowest BCUT2D eigenvalue weighted by Crippen LogP contribution is -2.27. The van der Waals surface area contributed by atoms with Crippen molar-refractivity contribution in [1.82, 2.24) is 15.0 Å². The Morgan fingerprint density at radius 1 is 1.19 bits per heavy atom. The molecule has 1 heterocycles. The van der Waals surface area contributed by atoms with Crippen LogP contribution < -0.4 is 5.32 Å². The first-order valence-electron chi connectivity index (χ1n) is 5.13. The first-order chi connectivity index (χ1) is 7.69. The monoisotopic (exact) mass is 262 g/mol. The molecule has 1 saturated carbocycles. The molecule has 1 aromatic heterocycles. The summed E-state index contributed by atoms with van der Waals surface area (Å²) in [5.41, 5.74) is 0. The van der Waals surface area contributed by atoms with E-state index in [9.17, 15) is 5.11 Å². The summed E-state index contributed by atoms with van der Waals surface area (Å²) < 4.78 is 0. The molecule has 0 saturated heterocycles. The third-order valence-electron chi connectivity index (χ3n) is 2.79. The van der Waals surface area contributed by atoms with Crippen molar-refractivity contribution in [3.05, 3.63) is 10.6 Å². The van der Waals surface area contributed by atoms with Gasteiger partial charge in [0.2, 0.25) is 16.5 Å². The minimum atomic E-state index is 0.0704. The number of aliphatic hydroxyl groups excluding tert-OH is 1. The van der Waals surface area contributed by atoms with Crippen molar-refractivity contribution in [3.63, 3.8) is 0 Å². The molecule has 1 aliphatic carbocycles. The number of hydrogen-bond acceptors (Lipinski definition) is 5. The molecule has 0 aromatic carbocycles. The zero-order valence-corrected chi connectivity index (χ0v) is 10.0. The first kappa shape index (κ1) is 11.8. The SMILES string of the molecule is OCC1CCCC1Nc1nc(Cl)nc(Cl)n1. The maximum absolute atomic E-state index is 9.18. The zero-order valence-electron chi connectivity index (χ0n) is 8.53. The lowest BCUT2D eigenvalue weighted by molar-refractivity contribution is 0.222. The number of anilines is 1. The Hall–Kier alpha value is -0.650. The summed E-state index contributed by atoms with van der Waals surface area (Å²) in [6, 6.07) is 0.180. The van der Waals surface area contributed by atoms with E-state index in [1.807, 2.05) is 0 Å². The molecule has 0 amide bonds. The van der Waals surface area contributed by atoms with Gasteiger partial charge in [0.25, 0.3) is 0 Å². The molecule has 0 bridgehead atoms. The van der Waals surface area contributed by atoms with Crippen molar-refractivity contribution in [2.24, 2.45) is 5.92 Å². The van der Waals surface area contributed by atoms with Gasteiger partial charge in [-0.25, -0.2) is 0 Å². The van der Waals surface area contributed by atoms with Gasteiger partial charge in [-0.2, -0.15) is 15.0 Å². The van der Waals surface area contributed by atoms with Crippen molar-refractivity contribution in [2.45, 2.75) is 25.3 Å². The normalized spacial score (nSPS) is 24.7. The van der Waals surface area contributed by atoms with Crippen LogP contribution >= 0.6 is 23.2 Å². The highest BCUT2D eigenvalue weighted by atomic mass is 35.5. The van der Waals surface area contributed by atoms with Gasteiger partial charge >= 0.3 is 0 Å². The van der Waals surface area contributed by atoms with Crippen molar-refractivity contribution in [3.8, 4) is 0 Å². The van der Waals surface area contributed by atoms with Gasteiger partial charge in [0.15, 0.2) is 0 Å². The Morgan fingerprint density at radius 3 is 2.50 bits per heavy atom. The molecule has 2 rings (SSSR count). The smallest absolute Gasteiger partial charge is 0.228 e. The Morgan fingerprint density at radius 2 is 1.88 bits per heavy atom. The maximum atomic E-state index is 9.18. The van der Waals surface area contributed by atoms with E-state index >= 15 is 0 Å². The van der Waals surface area contributed by atoms with Crippen LogP contribution in [-0.2, 0) is 0 Å². The zero-order chi connectivity index (χ0) is 11.5. The summed E-state index contributed by atoms with van der Waals surface area (Å²) in [7, 11) is 0. The molecule has 0 radical (unpaired) electrons. The van der Waals surface area contributed by atoms with E-state index in [1.54, 1.807) is 0 Å². The average Bonchev–Trinajstić information content (AvgIpc) is 2.63. The molecule has 1 aromatic rings. The van der Waals surface area contributed by atoms with E-state index in [1.165, 1.54) is 0 Å². The van der Waals surface area contributed by atoms with Crippen LogP contribution in [0.3, 0.4) is 0 Å².